The van der Waals surface area contributed by atoms with Gasteiger partial charge in [-0.2, -0.15) is 0 Å². The molecule has 0 atom stereocenters. The van der Waals surface area contributed by atoms with Crippen LogP contribution in [0.2, 0.25) is 0 Å². The Morgan fingerprint density at radius 3 is 2.06 bits per heavy atom. The Hall–Kier alpha value is -2.66. The van der Waals surface area contributed by atoms with E-state index in [1.54, 1.807) is 0 Å². The molecule has 0 amide bonds. The van der Waals surface area contributed by atoms with Crippen molar-refractivity contribution in [1.29, 1.82) is 0 Å². The number of thiophene rings is 1. The van der Waals surface area contributed by atoms with Crippen molar-refractivity contribution in [3.8, 4) is 11.1 Å². The third-order valence-corrected chi connectivity index (χ3v) is 8.27. The molecule has 0 N–H and O–H groups in total. The number of hydrogen-bond acceptors (Lipinski definition) is 3. The van der Waals surface area contributed by atoms with Crippen LogP contribution >= 0.6 is 11.3 Å². The normalized spacial score (nSPS) is 17.6. The SMILES string of the molecule is CC1(C)OB(c2ccc(-c3ccc4sc5ccc6ccccc6c5c4c3)cc2)OC1(C)C. The molecule has 0 spiro atoms. The molecular weight excluding hydrogens is 411 g/mol. The van der Waals surface area contributed by atoms with Crippen molar-refractivity contribution in [2.45, 2.75) is 38.9 Å². The van der Waals surface area contributed by atoms with Crippen molar-refractivity contribution in [3.63, 3.8) is 0 Å². The molecule has 2 nitrogen and oxygen atoms in total. The van der Waals surface area contributed by atoms with Crippen molar-refractivity contribution >= 4 is 54.9 Å². The van der Waals surface area contributed by atoms with E-state index >= 15 is 0 Å². The van der Waals surface area contributed by atoms with E-state index in [0.717, 1.165) is 5.46 Å². The van der Waals surface area contributed by atoms with E-state index in [4.69, 9.17) is 9.31 Å². The van der Waals surface area contributed by atoms with E-state index in [9.17, 15) is 0 Å². The van der Waals surface area contributed by atoms with Gasteiger partial charge >= 0.3 is 7.12 Å². The van der Waals surface area contributed by atoms with Crippen LogP contribution in [-0.4, -0.2) is 18.3 Å². The van der Waals surface area contributed by atoms with Gasteiger partial charge in [0.15, 0.2) is 0 Å². The molecular formula is C28H25BO2S. The highest BCUT2D eigenvalue weighted by atomic mass is 32.1. The van der Waals surface area contributed by atoms with E-state index in [0.29, 0.717) is 0 Å². The molecule has 1 aliphatic rings. The average Bonchev–Trinajstić information content (AvgIpc) is 3.26. The van der Waals surface area contributed by atoms with E-state index in [-0.39, 0.29) is 18.3 Å². The van der Waals surface area contributed by atoms with Crippen molar-refractivity contribution in [2.75, 3.05) is 0 Å². The molecule has 1 aromatic heterocycles. The zero-order valence-electron chi connectivity index (χ0n) is 18.8. The van der Waals surface area contributed by atoms with Crippen LogP contribution in [-0.2, 0) is 9.31 Å². The van der Waals surface area contributed by atoms with Gasteiger partial charge in [-0.25, -0.2) is 0 Å². The van der Waals surface area contributed by atoms with Crippen molar-refractivity contribution in [3.05, 3.63) is 78.9 Å². The van der Waals surface area contributed by atoms with Gasteiger partial charge in [0.2, 0.25) is 0 Å². The lowest BCUT2D eigenvalue weighted by molar-refractivity contribution is 0.00578. The minimum atomic E-state index is -0.330. The summed E-state index contributed by atoms with van der Waals surface area (Å²) in [6, 6.07) is 28.6. The molecule has 1 aliphatic heterocycles. The first-order valence-electron chi connectivity index (χ1n) is 11.1. The Morgan fingerprint density at radius 1 is 0.656 bits per heavy atom. The van der Waals surface area contributed by atoms with Crippen molar-refractivity contribution in [2.24, 2.45) is 0 Å². The summed E-state index contributed by atoms with van der Waals surface area (Å²) in [5.74, 6) is 0. The minimum Gasteiger partial charge on any atom is -0.399 e. The molecule has 0 bridgehead atoms. The smallest absolute Gasteiger partial charge is 0.399 e. The second-order valence-electron chi connectivity index (χ2n) is 9.68. The molecule has 158 valence electrons. The van der Waals surface area contributed by atoms with Gasteiger partial charge in [-0.15, -0.1) is 11.3 Å². The number of rotatable bonds is 2. The second kappa shape index (κ2) is 6.92. The molecule has 0 unspecified atom stereocenters. The first kappa shape index (κ1) is 20.0. The second-order valence-corrected chi connectivity index (χ2v) is 10.8. The van der Waals surface area contributed by atoms with E-state index < -0.39 is 0 Å². The Balaban J connectivity index is 1.41. The summed E-state index contributed by atoms with van der Waals surface area (Å²) in [5.41, 5.74) is 2.83. The molecule has 4 aromatic carbocycles. The van der Waals surface area contributed by atoms with Gasteiger partial charge < -0.3 is 9.31 Å². The quantitative estimate of drug-likeness (QED) is 0.273. The number of fused-ring (bicyclic) bond motifs is 5. The van der Waals surface area contributed by atoms with E-state index in [2.05, 4.69) is 107 Å². The molecule has 1 fully saturated rings. The van der Waals surface area contributed by atoms with E-state index in [1.165, 1.54) is 42.1 Å². The average molecular weight is 436 g/mol. The summed E-state index contributed by atoms with van der Waals surface area (Å²) in [5, 5.41) is 5.30. The number of hydrogen-bond donors (Lipinski definition) is 0. The molecule has 5 aromatic rings. The van der Waals surface area contributed by atoms with Crippen LogP contribution in [0.1, 0.15) is 27.7 Å². The van der Waals surface area contributed by atoms with Crippen LogP contribution in [0.3, 0.4) is 0 Å². The first-order chi connectivity index (χ1) is 15.3. The molecule has 2 heterocycles. The maximum absolute atomic E-state index is 6.21. The molecule has 0 aliphatic carbocycles. The summed E-state index contributed by atoms with van der Waals surface area (Å²) < 4.78 is 15.1. The Kier molecular flexibility index (Phi) is 4.32. The zero-order chi connectivity index (χ0) is 22.1. The third-order valence-electron chi connectivity index (χ3n) is 7.13. The predicted octanol–water partition coefficient (Wildman–Crippen LogP) is 7.17. The monoisotopic (exact) mass is 436 g/mol. The highest BCUT2D eigenvalue weighted by Crippen LogP contribution is 2.40. The zero-order valence-corrected chi connectivity index (χ0v) is 19.6. The van der Waals surface area contributed by atoms with Crippen molar-refractivity contribution < 1.29 is 9.31 Å². The van der Waals surface area contributed by atoms with Gasteiger partial charge in [-0.1, -0.05) is 60.7 Å². The lowest BCUT2D eigenvalue weighted by atomic mass is 9.78. The Morgan fingerprint density at radius 2 is 1.31 bits per heavy atom. The highest BCUT2D eigenvalue weighted by Gasteiger charge is 2.51. The summed E-state index contributed by atoms with van der Waals surface area (Å²) in [6.45, 7) is 8.36. The van der Waals surface area contributed by atoms with Crippen LogP contribution in [0.5, 0.6) is 0 Å². The van der Waals surface area contributed by atoms with Crippen LogP contribution in [0.4, 0.5) is 0 Å². The molecule has 0 radical (unpaired) electrons. The molecule has 6 rings (SSSR count). The van der Waals surface area contributed by atoms with Gasteiger partial charge in [0.05, 0.1) is 11.2 Å². The summed E-state index contributed by atoms with van der Waals surface area (Å²) >= 11 is 1.87. The lowest BCUT2D eigenvalue weighted by Gasteiger charge is -2.32. The van der Waals surface area contributed by atoms with Gasteiger partial charge in [-0.05, 0) is 73.3 Å². The maximum Gasteiger partial charge on any atom is 0.494 e. The lowest BCUT2D eigenvalue weighted by Crippen LogP contribution is -2.41. The summed E-state index contributed by atoms with van der Waals surface area (Å²) in [6.07, 6.45) is 0. The van der Waals surface area contributed by atoms with Crippen molar-refractivity contribution in [1.82, 2.24) is 0 Å². The van der Waals surface area contributed by atoms with Crippen LogP contribution in [0.25, 0.3) is 42.1 Å². The fourth-order valence-corrected chi connectivity index (χ4v) is 5.64. The summed E-state index contributed by atoms with van der Waals surface area (Å²) in [7, 11) is -0.330. The van der Waals surface area contributed by atoms with Crippen LogP contribution < -0.4 is 5.46 Å². The predicted molar refractivity (Wildman–Crippen MR) is 138 cm³/mol. The first-order valence-corrected chi connectivity index (χ1v) is 11.9. The minimum absolute atomic E-state index is 0.329. The largest absolute Gasteiger partial charge is 0.494 e. The molecule has 4 heteroatoms. The van der Waals surface area contributed by atoms with Crippen LogP contribution in [0.15, 0.2) is 78.9 Å². The summed E-state index contributed by atoms with van der Waals surface area (Å²) in [4.78, 5) is 0. The standard InChI is InChI=1S/C28H25BO2S/c1-27(2)28(3,4)31-29(30-27)21-13-9-18(10-14-21)20-12-15-24-23(17-20)26-22-8-6-5-7-19(22)11-16-25(26)32-24/h5-17H,1-4H3. The molecule has 1 saturated heterocycles. The third kappa shape index (κ3) is 3.01. The molecule has 0 saturated carbocycles. The highest BCUT2D eigenvalue weighted by molar-refractivity contribution is 7.26. The van der Waals surface area contributed by atoms with E-state index in [1.807, 2.05) is 11.3 Å². The number of benzene rings is 4. The topological polar surface area (TPSA) is 18.5 Å². The van der Waals surface area contributed by atoms with Gasteiger partial charge in [0, 0.05) is 20.2 Å². The Labute approximate surface area is 192 Å². The van der Waals surface area contributed by atoms with Gasteiger partial charge in [0.1, 0.15) is 0 Å². The van der Waals surface area contributed by atoms with Gasteiger partial charge in [0.25, 0.3) is 0 Å². The maximum atomic E-state index is 6.21. The van der Waals surface area contributed by atoms with Crippen LogP contribution in [0, 0.1) is 0 Å². The fraction of sp³-hybridized carbons (Fsp3) is 0.214. The Bertz CT molecular complexity index is 1460. The van der Waals surface area contributed by atoms with Gasteiger partial charge in [-0.3, -0.25) is 0 Å². The fourth-order valence-electron chi connectivity index (χ4n) is 4.54. The molecule has 32 heavy (non-hydrogen) atoms.